The lowest BCUT2D eigenvalue weighted by Crippen LogP contribution is -2.20. The van der Waals surface area contributed by atoms with Gasteiger partial charge in [-0.05, 0) is 6.07 Å². The van der Waals surface area contributed by atoms with Gasteiger partial charge in [0.25, 0.3) is 11.6 Å². The van der Waals surface area contributed by atoms with Gasteiger partial charge >= 0.3 is 0 Å². The SMILES string of the molecule is CNC(=O)c1cc([N+](=O)[O-])ccc1NCc1nnc(-c2ccccc2)s1. The van der Waals surface area contributed by atoms with Crippen molar-refractivity contribution in [3.8, 4) is 10.6 Å². The molecular weight excluding hydrogens is 354 g/mol. The molecule has 9 heteroatoms. The molecule has 8 nitrogen and oxygen atoms in total. The molecule has 0 unspecified atom stereocenters. The number of benzene rings is 2. The first kappa shape index (κ1) is 17.5. The Hall–Kier alpha value is -3.33. The second kappa shape index (κ2) is 7.70. The van der Waals surface area contributed by atoms with Gasteiger partial charge in [0.2, 0.25) is 0 Å². The van der Waals surface area contributed by atoms with E-state index >= 15 is 0 Å². The van der Waals surface area contributed by atoms with Crippen molar-refractivity contribution in [2.24, 2.45) is 0 Å². The normalized spacial score (nSPS) is 10.3. The second-order valence-corrected chi connectivity index (χ2v) is 6.35. The van der Waals surface area contributed by atoms with E-state index < -0.39 is 10.8 Å². The maximum Gasteiger partial charge on any atom is 0.270 e. The summed E-state index contributed by atoms with van der Waals surface area (Å²) in [6.07, 6.45) is 0. The van der Waals surface area contributed by atoms with Crippen LogP contribution in [0.4, 0.5) is 11.4 Å². The number of amides is 1. The lowest BCUT2D eigenvalue weighted by atomic mass is 10.1. The number of hydrogen-bond acceptors (Lipinski definition) is 7. The van der Waals surface area contributed by atoms with E-state index in [4.69, 9.17) is 0 Å². The third-order valence-corrected chi connectivity index (χ3v) is 4.58. The van der Waals surface area contributed by atoms with E-state index in [-0.39, 0.29) is 11.3 Å². The number of non-ortho nitro benzene ring substituents is 1. The van der Waals surface area contributed by atoms with Crippen LogP contribution in [0.25, 0.3) is 10.6 Å². The number of carbonyl (C=O) groups excluding carboxylic acids is 1. The van der Waals surface area contributed by atoms with E-state index in [0.717, 1.165) is 15.6 Å². The van der Waals surface area contributed by atoms with Crippen LogP contribution in [0.5, 0.6) is 0 Å². The fourth-order valence-corrected chi connectivity index (χ4v) is 3.10. The molecule has 0 aliphatic rings. The summed E-state index contributed by atoms with van der Waals surface area (Å²) in [7, 11) is 1.47. The van der Waals surface area contributed by atoms with Crippen LogP contribution < -0.4 is 10.6 Å². The molecule has 2 aromatic carbocycles. The number of aromatic nitrogens is 2. The van der Waals surface area contributed by atoms with Crippen molar-refractivity contribution in [3.63, 3.8) is 0 Å². The van der Waals surface area contributed by atoms with E-state index in [9.17, 15) is 14.9 Å². The summed E-state index contributed by atoms with van der Waals surface area (Å²) in [6.45, 7) is 0.353. The summed E-state index contributed by atoms with van der Waals surface area (Å²) in [5.74, 6) is -0.404. The number of carbonyl (C=O) groups is 1. The van der Waals surface area contributed by atoms with Crippen molar-refractivity contribution in [1.82, 2.24) is 15.5 Å². The van der Waals surface area contributed by atoms with E-state index in [2.05, 4.69) is 20.8 Å². The zero-order valence-electron chi connectivity index (χ0n) is 13.8. The summed E-state index contributed by atoms with van der Waals surface area (Å²) < 4.78 is 0. The van der Waals surface area contributed by atoms with Gasteiger partial charge in [0, 0.05) is 30.4 Å². The molecule has 0 aliphatic heterocycles. The topological polar surface area (TPSA) is 110 Å². The lowest BCUT2D eigenvalue weighted by molar-refractivity contribution is -0.384. The van der Waals surface area contributed by atoms with Crippen molar-refractivity contribution in [2.75, 3.05) is 12.4 Å². The highest BCUT2D eigenvalue weighted by Crippen LogP contribution is 2.25. The molecule has 3 aromatic rings. The first-order valence-electron chi connectivity index (χ1n) is 7.70. The first-order valence-corrected chi connectivity index (χ1v) is 8.52. The van der Waals surface area contributed by atoms with Gasteiger partial charge in [-0.2, -0.15) is 0 Å². The molecule has 0 spiro atoms. The zero-order valence-corrected chi connectivity index (χ0v) is 14.6. The van der Waals surface area contributed by atoms with Gasteiger partial charge in [-0.1, -0.05) is 41.7 Å². The molecule has 0 bridgehead atoms. The van der Waals surface area contributed by atoms with Crippen LogP contribution in [0.1, 0.15) is 15.4 Å². The van der Waals surface area contributed by atoms with Crippen LogP contribution in [0.3, 0.4) is 0 Å². The Morgan fingerprint density at radius 1 is 1.19 bits per heavy atom. The summed E-state index contributed by atoms with van der Waals surface area (Å²) in [4.78, 5) is 22.4. The van der Waals surface area contributed by atoms with Crippen molar-refractivity contribution in [2.45, 2.75) is 6.54 Å². The number of anilines is 1. The standard InChI is InChI=1S/C17H15N5O3S/c1-18-16(23)13-9-12(22(24)25)7-8-14(13)19-10-15-20-21-17(26-15)11-5-3-2-4-6-11/h2-9,19H,10H2,1H3,(H,18,23). The van der Waals surface area contributed by atoms with Crippen LogP contribution >= 0.6 is 11.3 Å². The Kier molecular flexibility index (Phi) is 5.18. The van der Waals surface area contributed by atoms with Crippen LogP contribution in [0, 0.1) is 10.1 Å². The quantitative estimate of drug-likeness (QED) is 0.510. The molecule has 0 aliphatic carbocycles. The number of nitro benzene ring substituents is 1. The number of nitro groups is 1. The number of hydrogen-bond donors (Lipinski definition) is 2. The number of nitrogens with zero attached hydrogens (tertiary/aromatic N) is 3. The van der Waals surface area contributed by atoms with E-state index in [1.807, 2.05) is 30.3 Å². The fourth-order valence-electron chi connectivity index (χ4n) is 2.32. The van der Waals surface area contributed by atoms with Gasteiger partial charge < -0.3 is 10.6 Å². The highest BCUT2D eigenvalue weighted by Gasteiger charge is 2.16. The minimum Gasteiger partial charge on any atom is -0.378 e. The molecule has 1 heterocycles. The smallest absolute Gasteiger partial charge is 0.270 e. The van der Waals surface area contributed by atoms with Crippen LogP contribution in [-0.4, -0.2) is 28.1 Å². The molecule has 0 fully saturated rings. The summed E-state index contributed by atoms with van der Waals surface area (Å²) in [6, 6.07) is 13.8. The molecule has 2 N–H and O–H groups in total. The van der Waals surface area contributed by atoms with Crippen molar-refractivity contribution < 1.29 is 9.72 Å². The molecule has 0 saturated carbocycles. The molecule has 132 valence electrons. The molecule has 0 atom stereocenters. The van der Waals surface area contributed by atoms with E-state index in [1.54, 1.807) is 0 Å². The summed E-state index contributed by atoms with van der Waals surface area (Å²) in [5.41, 5.74) is 1.54. The second-order valence-electron chi connectivity index (χ2n) is 5.29. The van der Waals surface area contributed by atoms with E-state index in [0.29, 0.717) is 12.2 Å². The summed E-state index contributed by atoms with van der Waals surface area (Å²) >= 11 is 1.44. The predicted octanol–water partition coefficient (Wildman–Crippen LogP) is 3.09. The van der Waals surface area contributed by atoms with Crippen LogP contribution in [-0.2, 0) is 6.54 Å². The predicted molar refractivity (Wildman–Crippen MR) is 99.2 cm³/mol. The molecule has 0 saturated heterocycles. The van der Waals surface area contributed by atoms with Gasteiger partial charge in [-0.15, -0.1) is 10.2 Å². The van der Waals surface area contributed by atoms with Gasteiger partial charge in [-0.3, -0.25) is 14.9 Å². The fraction of sp³-hybridized carbons (Fsp3) is 0.118. The Morgan fingerprint density at radius 2 is 1.96 bits per heavy atom. The minimum atomic E-state index is -0.535. The van der Waals surface area contributed by atoms with Crippen molar-refractivity contribution in [3.05, 3.63) is 69.2 Å². The molecule has 26 heavy (non-hydrogen) atoms. The average molecular weight is 369 g/mol. The molecule has 3 rings (SSSR count). The largest absolute Gasteiger partial charge is 0.378 e. The van der Waals surface area contributed by atoms with Gasteiger partial charge in [0.1, 0.15) is 10.0 Å². The van der Waals surface area contributed by atoms with Gasteiger partial charge in [-0.25, -0.2) is 0 Å². The number of rotatable bonds is 6. The van der Waals surface area contributed by atoms with Gasteiger partial charge in [0.15, 0.2) is 0 Å². The van der Waals surface area contributed by atoms with Crippen molar-refractivity contribution >= 4 is 28.6 Å². The Morgan fingerprint density at radius 3 is 2.65 bits per heavy atom. The maximum atomic E-state index is 12.0. The number of nitrogens with one attached hydrogen (secondary N) is 2. The Bertz CT molecular complexity index is 943. The lowest BCUT2D eigenvalue weighted by Gasteiger charge is -2.09. The Labute approximate surface area is 153 Å². The maximum absolute atomic E-state index is 12.0. The zero-order chi connectivity index (χ0) is 18.5. The highest BCUT2D eigenvalue weighted by molar-refractivity contribution is 7.14. The van der Waals surface area contributed by atoms with Crippen LogP contribution in [0.2, 0.25) is 0 Å². The van der Waals surface area contributed by atoms with Crippen LogP contribution in [0.15, 0.2) is 48.5 Å². The highest BCUT2D eigenvalue weighted by atomic mass is 32.1. The third-order valence-electron chi connectivity index (χ3n) is 3.60. The summed E-state index contributed by atoms with van der Waals surface area (Å²) in [5, 5.41) is 26.4. The average Bonchev–Trinajstić information content (AvgIpc) is 3.15. The molecule has 0 radical (unpaired) electrons. The third kappa shape index (κ3) is 3.83. The monoisotopic (exact) mass is 369 g/mol. The first-order chi connectivity index (χ1) is 12.6. The minimum absolute atomic E-state index is 0.142. The van der Waals surface area contributed by atoms with Gasteiger partial charge in [0.05, 0.1) is 17.0 Å². The van der Waals surface area contributed by atoms with Crippen molar-refractivity contribution in [1.29, 1.82) is 0 Å². The Balaban J connectivity index is 1.78. The molecular formula is C17H15N5O3S. The molecule has 1 amide bonds. The molecule has 1 aromatic heterocycles. The van der Waals surface area contributed by atoms with E-state index in [1.165, 1.54) is 36.6 Å².